The molecule has 30 heavy (non-hydrogen) atoms. The number of hydrogen-bond donors (Lipinski definition) is 1. The van der Waals surface area contributed by atoms with E-state index in [9.17, 15) is 18.0 Å². The molecule has 1 atom stereocenters. The highest BCUT2D eigenvalue weighted by molar-refractivity contribution is 5.77. The highest BCUT2D eigenvalue weighted by Crippen LogP contribution is 2.27. The number of hydrogen-bond acceptors (Lipinski definition) is 5. The van der Waals surface area contributed by atoms with E-state index in [2.05, 4.69) is 30.9 Å². The van der Waals surface area contributed by atoms with E-state index in [0.29, 0.717) is 12.0 Å². The summed E-state index contributed by atoms with van der Waals surface area (Å²) in [5.41, 5.74) is 5.80. The molecule has 1 amide bonds. The molecular weight excluding hydrogens is 397 g/mol. The quantitative estimate of drug-likeness (QED) is 0.774. The Kier molecular flexibility index (Phi) is 8.00. The number of allylic oxidation sites excluding steroid dienone is 5. The molecule has 0 saturated carbocycles. The van der Waals surface area contributed by atoms with Crippen LogP contribution in [0.3, 0.4) is 0 Å². The van der Waals surface area contributed by atoms with E-state index in [4.69, 9.17) is 10.3 Å². The summed E-state index contributed by atoms with van der Waals surface area (Å²) in [5, 5.41) is 3.80. The summed E-state index contributed by atoms with van der Waals surface area (Å²) in [7, 11) is 0. The number of aromatic nitrogens is 2. The predicted molar refractivity (Wildman–Crippen MR) is 107 cm³/mol. The van der Waals surface area contributed by atoms with Crippen molar-refractivity contribution in [3.63, 3.8) is 0 Å². The summed E-state index contributed by atoms with van der Waals surface area (Å²) in [5.74, 6) is -1.12. The highest BCUT2D eigenvalue weighted by Gasteiger charge is 2.23. The van der Waals surface area contributed by atoms with Crippen molar-refractivity contribution in [2.45, 2.75) is 64.8 Å². The van der Waals surface area contributed by atoms with Crippen molar-refractivity contribution in [1.82, 2.24) is 15.0 Å². The minimum Gasteiger partial charge on any atom is -0.343 e. The van der Waals surface area contributed by atoms with Crippen LogP contribution in [0.2, 0.25) is 0 Å². The van der Waals surface area contributed by atoms with E-state index in [1.807, 2.05) is 0 Å². The molecule has 0 aromatic carbocycles. The SMILES string of the molecule is Cc1nc(C(C)(C)C)no1.NC(CC(=O)N1CCC1)CC1=C(F)C=C(F)CC(F)=C1. The fraction of sp³-hybridized carbons (Fsp3) is 0.571. The van der Waals surface area contributed by atoms with Crippen LogP contribution in [0.15, 0.2) is 39.7 Å². The molecule has 1 aliphatic carbocycles. The Bertz CT molecular complexity index is 849. The Morgan fingerprint density at radius 2 is 1.87 bits per heavy atom. The molecule has 1 unspecified atom stereocenters. The average Bonchev–Trinajstić information content (AvgIpc) is 2.94. The molecule has 0 spiro atoms. The van der Waals surface area contributed by atoms with Gasteiger partial charge < -0.3 is 15.2 Å². The van der Waals surface area contributed by atoms with E-state index < -0.39 is 29.9 Å². The molecule has 166 valence electrons. The third-order valence-electron chi connectivity index (χ3n) is 4.58. The molecule has 3 rings (SSSR count). The number of carbonyl (C=O) groups excluding carboxylic acids is 1. The van der Waals surface area contributed by atoms with E-state index in [0.717, 1.165) is 31.4 Å². The van der Waals surface area contributed by atoms with Crippen LogP contribution in [0.1, 0.15) is 58.2 Å². The Morgan fingerprint density at radius 3 is 2.33 bits per heavy atom. The molecule has 1 saturated heterocycles. The van der Waals surface area contributed by atoms with Gasteiger partial charge in [0, 0.05) is 44.0 Å². The van der Waals surface area contributed by atoms with Crippen LogP contribution < -0.4 is 5.73 Å². The van der Waals surface area contributed by atoms with E-state index in [1.54, 1.807) is 11.8 Å². The van der Waals surface area contributed by atoms with Gasteiger partial charge in [0.1, 0.15) is 17.5 Å². The lowest BCUT2D eigenvalue weighted by Gasteiger charge is -2.31. The van der Waals surface area contributed by atoms with Gasteiger partial charge in [0.25, 0.3) is 0 Å². The smallest absolute Gasteiger partial charge is 0.224 e. The fourth-order valence-corrected chi connectivity index (χ4v) is 2.79. The van der Waals surface area contributed by atoms with Crippen molar-refractivity contribution < 1.29 is 22.5 Å². The third kappa shape index (κ3) is 7.12. The van der Waals surface area contributed by atoms with Crippen molar-refractivity contribution in [2.75, 3.05) is 13.1 Å². The third-order valence-corrected chi connectivity index (χ3v) is 4.58. The Balaban J connectivity index is 0.000000269. The lowest BCUT2D eigenvalue weighted by molar-refractivity contribution is -0.134. The second kappa shape index (κ2) is 10.1. The van der Waals surface area contributed by atoms with Crippen molar-refractivity contribution in [2.24, 2.45) is 5.73 Å². The zero-order valence-electron chi connectivity index (χ0n) is 17.8. The maximum atomic E-state index is 13.7. The van der Waals surface area contributed by atoms with E-state index in [-0.39, 0.29) is 29.7 Å². The van der Waals surface area contributed by atoms with Gasteiger partial charge in [0.05, 0.1) is 6.42 Å². The molecule has 1 aromatic heterocycles. The van der Waals surface area contributed by atoms with E-state index >= 15 is 0 Å². The molecule has 1 fully saturated rings. The Labute approximate surface area is 174 Å². The molecule has 0 bridgehead atoms. The average molecular weight is 426 g/mol. The zero-order chi connectivity index (χ0) is 22.5. The van der Waals surface area contributed by atoms with Gasteiger partial charge in [-0.1, -0.05) is 25.9 Å². The van der Waals surface area contributed by atoms with Crippen LogP contribution in [0, 0.1) is 6.92 Å². The van der Waals surface area contributed by atoms with Crippen LogP contribution in [-0.4, -0.2) is 40.1 Å². The lowest BCUT2D eigenvalue weighted by atomic mass is 9.96. The second-order valence-corrected chi connectivity index (χ2v) is 8.52. The first-order valence-corrected chi connectivity index (χ1v) is 9.90. The summed E-state index contributed by atoms with van der Waals surface area (Å²) in [6, 6.07) is -0.609. The highest BCUT2D eigenvalue weighted by atomic mass is 19.1. The molecular formula is C21H29F3N4O2. The maximum Gasteiger partial charge on any atom is 0.224 e. The minimum atomic E-state index is -0.864. The van der Waals surface area contributed by atoms with Crippen LogP contribution in [0.5, 0.6) is 0 Å². The standard InChI is InChI=1S/C14H17F3N2O.C7H12N2O/c15-10-4-9(13(17)7-11(16)6-10)5-12(18)8-14(20)19-2-1-3-19;1-5-8-6(9-10-5)7(2,3)4/h4,7,12H,1-3,5-6,8,18H2;1-4H3. The topological polar surface area (TPSA) is 85.2 Å². The van der Waals surface area contributed by atoms with Crippen LogP contribution >= 0.6 is 0 Å². The molecule has 0 radical (unpaired) electrons. The van der Waals surface area contributed by atoms with Crippen molar-refractivity contribution in [3.8, 4) is 0 Å². The number of carbonyl (C=O) groups is 1. The molecule has 9 heteroatoms. The van der Waals surface area contributed by atoms with Crippen LogP contribution in [0.4, 0.5) is 13.2 Å². The molecule has 2 aliphatic rings. The Hall–Kier alpha value is -2.42. The van der Waals surface area contributed by atoms with Gasteiger partial charge in [-0.15, -0.1) is 0 Å². The summed E-state index contributed by atoms with van der Waals surface area (Å²) in [6.07, 6.45) is 2.16. The first-order valence-electron chi connectivity index (χ1n) is 9.90. The van der Waals surface area contributed by atoms with Gasteiger partial charge in [-0.25, -0.2) is 13.2 Å². The number of aryl methyl sites for hydroxylation is 1. The molecule has 1 aromatic rings. The summed E-state index contributed by atoms with van der Waals surface area (Å²) >= 11 is 0. The summed E-state index contributed by atoms with van der Waals surface area (Å²) < 4.78 is 44.8. The molecule has 1 aliphatic heterocycles. The van der Waals surface area contributed by atoms with E-state index in [1.165, 1.54) is 0 Å². The van der Waals surface area contributed by atoms with Gasteiger partial charge in [-0.05, 0) is 24.5 Å². The van der Waals surface area contributed by atoms with Crippen molar-refractivity contribution in [3.05, 3.63) is 46.9 Å². The van der Waals surface area contributed by atoms with Gasteiger partial charge in [-0.2, -0.15) is 4.98 Å². The largest absolute Gasteiger partial charge is 0.343 e. The normalized spacial score (nSPS) is 17.9. The van der Waals surface area contributed by atoms with Crippen molar-refractivity contribution in [1.29, 1.82) is 0 Å². The number of amides is 1. The number of halogens is 3. The van der Waals surface area contributed by atoms with Crippen LogP contribution in [0.25, 0.3) is 0 Å². The van der Waals surface area contributed by atoms with Gasteiger partial charge >= 0.3 is 0 Å². The number of likely N-dealkylation sites (tertiary alicyclic amines) is 1. The number of nitrogens with two attached hydrogens (primary N) is 1. The first-order chi connectivity index (χ1) is 14.0. The monoisotopic (exact) mass is 426 g/mol. The van der Waals surface area contributed by atoms with Crippen molar-refractivity contribution >= 4 is 5.91 Å². The van der Waals surface area contributed by atoms with Gasteiger partial charge in [0.2, 0.25) is 11.8 Å². The minimum absolute atomic E-state index is 0.000871. The maximum absolute atomic E-state index is 13.7. The number of nitrogens with zero attached hydrogens (tertiary/aromatic N) is 3. The van der Waals surface area contributed by atoms with Gasteiger partial charge in [0.15, 0.2) is 5.82 Å². The summed E-state index contributed by atoms with van der Waals surface area (Å²) in [4.78, 5) is 17.5. The first kappa shape index (κ1) is 23.9. The van der Waals surface area contributed by atoms with Crippen LogP contribution in [-0.2, 0) is 10.2 Å². The van der Waals surface area contributed by atoms with Gasteiger partial charge in [-0.3, -0.25) is 4.79 Å². The molecule has 2 N–H and O–H groups in total. The molecule has 6 nitrogen and oxygen atoms in total. The second-order valence-electron chi connectivity index (χ2n) is 8.52. The predicted octanol–water partition coefficient (Wildman–Crippen LogP) is 4.34. The number of rotatable bonds is 4. The Morgan fingerprint density at radius 1 is 1.23 bits per heavy atom. The fourth-order valence-electron chi connectivity index (χ4n) is 2.79. The molecule has 2 heterocycles. The summed E-state index contributed by atoms with van der Waals surface area (Å²) in [6.45, 7) is 9.41. The lowest BCUT2D eigenvalue weighted by Crippen LogP contribution is -2.44. The zero-order valence-corrected chi connectivity index (χ0v) is 17.8.